The molecule has 0 aliphatic heterocycles. The fraction of sp³-hybridized carbons (Fsp3) is 0.571. The number of rotatable bonds is 5. The van der Waals surface area contributed by atoms with Crippen molar-refractivity contribution in [2.24, 2.45) is 0 Å². The Morgan fingerprint density at radius 2 is 2.05 bits per heavy atom. The van der Waals surface area contributed by atoms with E-state index in [0.717, 1.165) is 42.5 Å². The Hall–Kier alpha value is -1.78. The van der Waals surface area contributed by atoms with Crippen LogP contribution in [-0.2, 0) is 13.1 Å². The summed E-state index contributed by atoms with van der Waals surface area (Å²) in [5, 5.41) is 0. The van der Waals surface area contributed by atoms with E-state index >= 15 is 0 Å². The lowest BCUT2D eigenvalue weighted by molar-refractivity contribution is 0.616. The first-order valence-corrected chi connectivity index (χ1v) is 6.96. The van der Waals surface area contributed by atoms with Gasteiger partial charge >= 0.3 is 0 Å². The topological polar surface area (TPSA) is 61.7 Å². The van der Waals surface area contributed by atoms with E-state index in [-0.39, 0.29) is 0 Å². The standard InChI is InChI=1S/C14H23N5/c1-5-7-19-13(15)12(17-14(19)10(3)4)11-8-16-9-18(11)6-2/h8-10H,5-7,15H2,1-4H3. The van der Waals surface area contributed by atoms with E-state index in [1.807, 2.05) is 12.5 Å². The van der Waals surface area contributed by atoms with Gasteiger partial charge in [0, 0.05) is 19.0 Å². The van der Waals surface area contributed by atoms with Crippen LogP contribution in [0.2, 0.25) is 0 Å². The van der Waals surface area contributed by atoms with Gasteiger partial charge < -0.3 is 14.9 Å². The number of hydrogen-bond donors (Lipinski definition) is 1. The third-order valence-electron chi connectivity index (χ3n) is 3.30. The monoisotopic (exact) mass is 261 g/mol. The van der Waals surface area contributed by atoms with Crippen molar-refractivity contribution >= 4 is 5.82 Å². The van der Waals surface area contributed by atoms with E-state index in [1.165, 1.54) is 0 Å². The minimum Gasteiger partial charge on any atom is -0.383 e. The smallest absolute Gasteiger partial charge is 0.133 e. The van der Waals surface area contributed by atoms with Gasteiger partial charge in [0.2, 0.25) is 0 Å². The van der Waals surface area contributed by atoms with Crippen molar-refractivity contribution in [1.82, 2.24) is 19.1 Å². The molecule has 2 N–H and O–H groups in total. The van der Waals surface area contributed by atoms with Crippen molar-refractivity contribution in [3.05, 3.63) is 18.3 Å². The lowest BCUT2D eigenvalue weighted by atomic mass is 10.2. The molecule has 2 rings (SSSR count). The van der Waals surface area contributed by atoms with Crippen molar-refractivity contribution in [3.63, 3.8) is 0 Å². The normalized spacial score (nSPS) is 11.4. The van der Waals surface area contributed by atoms with Crippen LogP contribution in [0, 0.1) is 0 Å². The Morgan fingerprint density at radius 3 is 2.63 bits per heavy atom. The molecule has 2 aromatic heterocycles. The molecule has 0 fully saturated rings. The lowest BCUT2D eigenvalue weighted by Gasteiger charge is -2.10. The summed E-state index contributed by atoms with van der Waals surface area (Å²) in [5.41, 5.74) is 8.16. The highest BCUT2D eigenvalue weighted by atomic mass is 15.2. The number of hydrogen-bond acceptors (Lipinski definition) is 3. The van der Waals surface area contributed by atoms with Crippen LogP contribution in [0.1, 0.15) is 45.9 Å². The zero-order valence-corrected chi connectivity index (χ0v) is 12.2. The highest BCUT2D eigenvalue weighted by Crippen LogP contribution is 2.29. The average Bonchev–Trinajstić information content (AvgIpc) is 2.95. The molecule has 0 saturated heterocycles. The predicted octanol–water partition coefficient (Wildman–Crippen LogP) is 2.88. The Morgan fingerprint density at radius 1 is 1.32 bits per heavy atom. The zero-order valence-electron chi connectivity index (χ0n) is 12.2. The summed E-state index contributed by atoms with van der Waals surface area (Å²) in [5.74, 6) is 2.17. The molecule has 5 nitrogen and oxygen atoms in total. The second-order valence-electron chi connectivity index (χ2n) is 5.08. The fourth-order valence-corrected chi connectivity index (χ4v) is 2.34. The van der Waals surface area contributed by atoms with Crippen molar-refractivity contribution in [2.45, 2.75) is 53.1 Å². The van der Waals surface area contributed by atoms with E-state index in [2.05, 4.69) is 41.8 Å². The summed E-state index contributed by atoms with van der Waals surface area (Å²) in [6, 6.07) is 0. The number of nitrogen functional groups attached to an aromatic ring is 1. The molecule has 19 heavy (non-hydrogen) atoms. The summed E-state index contributed by atoms with van der Waals surface area (Å²) >= 11 is 0. The molecular formula is C14H23N5. The molecule has 0 aromatic carbocycles. The Kier molecular flexibility index (Phi) is 3.93. The van der Waals surface area contributed by atoms with Gasteiger partial charge in [0.15, 0.2) is 0 Å². The van der Waals surface area contributed by atoms with E-state index in [4.69, 9.17) is 10.7 Å². The first-order chi connectivity index (χ1) is 9.10. The van der Waals surface area contributed by atoms with Crippen LogP contribution in [0.4, 0.5) is 5.82 Å². The molecule has 0 atom stereocenters. The summed E-state index contributed by atoms with van der Waals surface area (Å²) < 4.78 is 4.20. The molecule has 0 spiro atoms. The van der Waals surface area contributed by atoms with Gasteiger partial charge in [-0.05, 0) is 13.3 Å². The van der Waals surface area contributed by atoms with Crippen LogP contribution in [0.25, 0.3) is 11.4 Å². The van der Waals surface area contributed by atoms with Gasteiger partial charge in [-0.25, -0.2) is 9.97 Å². The van der Waals surface area contributed by atoms with Crippen molar-refractivity contribution < 1.29 is 0 Å². The van der Waals surface area contributed by atoms with Gasteiger partial charge in [-0.15, -0.1) is 0 Å². The van der Waals surface area contributed by atoms with Crippen LogP contribution >= 0.6 is 0 Å². The van der Waals surface area contributed by atoms with Crippen molar-refractivity contribution in [2.75, 3.05) is 5.73 Å². The molecule has 0 radical (unpaired) electrons. The predicted molar refractivity (Wildman–Crippen MR) is 77.9 cm³/mol. The van der Waals surface area contributed by atoms with E-state index in [1.54, 1.807) is 0 Å². The number of aryl methyl sites for hydroxylation is 1. The second-order valence-corrected chi connectivity index (χ2v) is 5.08. The van der Waals surface area contributed by atoms with E-state index in [9.17, 15) is 0 Å². The van der Waals surface area contributed by atoms with Crippen LogP contribution < -0.4 is 5.73 Å². The Balaban J connectivity index is 2.56. The maximum Gasteiger partial charge on any atom is 0.133 e. The molecule has 0 amide bonds. The molecule has 5 heteroatoms. The highest BCUT2D eigenvalue weighted by molar-refractivity contribution is 5.68. The van der Waals surface area contributed by atoms with Gasteiger partial charge in [-0.2, -0.15) is 0 Å². The van der Waals surface area contributed by atoms with E-state index < -0.39 is 0 Å². The summed E-state index contributed by atoms with van der Waals surface area (Å²) in [6.45, 7) is 10.3. The minimum atomic E-state index is 0.362. The quantitative estimate of drug-likeness (QED) is 0.900. The van der Waals surface area contributed by atoms with Gasteiger partial charge in [0.05, 0.1) is 18.2 Å². The number of anilines is 1. The molecule has 0 aliphatic carbocycles. The summed E-state index contributed by atoms with van der Waals surface area (Å²) in [6.07, 6.45) is 4.71. The second kappa shape index (κ2) is 5.47. The molecule has 0 saturated carbocycles. The van der Waals surface area contributed by atoms with Crippen LogP contribution in [-0.4, -0.2) is 19.1 Å². The lowest BCUT2D eigenvalue weighted by Crippen LogP contribution is -2.08. The summed E-state index contributed by atoms with van der Waals surface area (Å²) in [4.78, 5) is 8.95. The summed E-state index contributed by atoms with van der Waals surface area (Å²) in [7, 11) is 0. The van der Waals surface area contributed by atoms with Gasteiger partial charge in [-0.3, -0.25) is 0 Å². The first kappa shape index (κ1) is 13.6. The fourth-order valence-electron chi connectivity index (χ4n) is 2.34. The maximum absolute atomic E-state index is 6.30. The number of nitrogens with zero attached hydrogens (tertiary/aromatic N) is 4. The largest absolute Gasteiger partial charge is 0.383 e. The molecule has 2 heterocycles. The molecule has 0 unspecified atom stereocenters. The number of nitrogens with two attached hydrogens (primary N) is 1. The average molecular weight is 261 g/mol. The van der Waals surface area contributed by atoms with Crippen LogP contribution in [0.3, 0.4) is 0 Å². The van der Waals surface area contributed by atoms with E-state index in [0.29, 0.717) is 5.92 Å². The van der Waals surface area contributed by atoms with Crippen LogP contribution in [0.5, 0.6) is 0 Å². The molecule has 0 bridgehead atoms. The third kappa shape index (κ3) is 2.37. The SMILES string of the molecule is CCCn1c(C(C)C)nc(-c2cncn2CC)c1N. The zero-order chi connectivity index (χ0) is 14.0. The molecule has 2 aromatic rings. The van der Waals surface area contributed by atoms with Gasteiger partial charge in [0.25, 0.3) is 0 Å². The van der Waals surface area contributed by atoms with Crippen molar-refractivity contribution in [1.29, 1.82) is 0 Å². The maximum atomic E-state index is 6.30. The molecule has 0 aliphatic rings. The molecular weight excluding hydrogens is 238 g/mol. The van der Waals surface area contributed by atoms with Gasteiger partial charge in [0.1, 0.15) is 17.3 Å². The first-order valence-electron chi connectivity index (χ1n) is 6.96. The number of imidazole rings is 2. The van der Waals surface area contributed by atoms with Crippen molar-refractivity contribution in [3.8, 4) is 11.4 Å². The van der Waals surface area contributed by atoms with Crippen LogP contribution in [0.15, 0.2) is 12.5 Å². The highest BCUT2D eigenvalue weighted by Gasteiger charge is 2.19. The molecule has 104 valence electrons. The minimum absolute atomic E-state index is 0.362. The van der Waals surface area contributed by atoms with Gasteiger partial charge in [-0.1, -0.05) is 20.8 Å². The Bertz CT molecular complexity index is 550. The number of aromatic nitrogens is 4. The third-order valence-corrected chi connectivity index (χ3v) is 3.30. The Labute approximate surface area is 114 Å².